The summed E-state index contributed by atoms with van der Waals surface area (Å²) in [5, 5.41) is 3.55. The van der Waals surface area contributed by atoms with Crippen LogP contribution >= 0.6 is 22.9 Å². The van der Waals surface area contributed by atoms with Crippen molar-refractivity contribution in [3.63, 3.8) is 0 Å². The van der Waals surface area contributed by atoms with E-state index in [0.717, 1.165) is 41.2 Å². The van der Waals surface area contributed by atoms with E-state index in [9.17, 15) is 0 Å². The third-order valence-corrected chi connectivity index (χ3v) is 4.89. The molecule has 114 valence electrons. The maximum atomic E-state index is 6.06. The predicted molar refractivity (Wildman–Crippen MR) is 85.1 cm³/mol. The molecular formula is C15H19ClN2O2S. The van der Waals surface area contributed by atoms with Crippen LogP contribution in [0.5, 0.6) is 0 Å². The maximum Gasteiger partial charge on any atom is 0.126 e. The molecule has 6 heteroatoms. The van der Waals surface area contributed by atoms with Crippen molar-refractivity contribution in [2.24, 2.45) is 0 Å². The van der Waals surface area contributed by atoms with Gasteiger partial charge in [0.25, 0.3) is 0 Å². The molecule has 4 nitrogen and oxygen atoms in total. The number of furan rings is 1. The molecule has 1 aliphatic rings. The molecule has 2 unspecified atom stereocenters. The normalized spacial score (nSPS) is 21.5. The van der Waals surface area contributed by atoms with Crippen LogP contribution in [0.15, 0.2) is 34.9 Å². The third-order valence-electron chi connectivity index (χ3n) is 3.60. The molecule has 2 aromatic heterocycles. The van der Waals surface area contributed by atoms with Gasteiger partial charge in [-0.25, -0.2) is 0 Å². The van der Waals surface area contributed by atoms with Crippen LogP contribution in [0, 0.1) is 0 Å². The Kier molecular flexibility index (Phi) is 4.98. The van der Waals surface area contributed by atoms with Crippen LogP contribution in [0.4, 0.5) is 0 Å². The van der Waals surface area contributed by atoms with Crippen LogP contribution in [0.3, 0.4) is 0 Å². The first kappa shape index (κ1) is 15.1. The second-order valence-corrected chi connectivity index (χ2v) is 7.00. The highest BCUT2D eigenvalue weighted by Gasteiger charge is 2.22. The van der Waals surface area contributed by atoms with E-state index in [-0.39, 0.29) is 12.1 Å². The Bertz CT molecular complexity index is 558. The maximum absolute atomic E-state index is 6.06. The van der Waals surface area contributed by atoms with Crippen LogP contribution in [-0.2, 0) is 4.74 Å². The molecule has 2 atom stereocenters. The van der Waals surface area contributed by atoms with Crippen molar-refractivity contribution in [3.05, 3.63) is 45.5 Å². The molecule has 0 aromatic carbocycles. The molecule has 0 spiro atoms. The fourth-order valence-corrected chi connectivity index (χ4v) is 3.66. The van der Waals surface area contributed by atoms with E-state index in [1.54, 1.807) is 17.6 Å². The molecule has 1 aliphatic heterocycles. The Morgan fingerprint density at radius 2 is 2.38 bits per heavy atom. The molecule has 0 bridgehead atoms. The van der Waals surface area contributed by atoms with E-state index < -0.39 is 0 Å². The van der Waals surface area contributed by atoms with Crippen LogP contribution in [0.2, 0.25) is 4.34 Å². The van der Waals surface area contributed by atoms with E-state index in [4.69, 9.17) is 20.8 Å². The van der Waals surface area contributed by atoms with Gasteiger partial charge in [0.05, 0.1) is 23.3 Å². The zero-order chi connectivity index (χ0) is 14.7. The number of nitrogens with zero attached hydrogens (tertiary/aromatic N) is 1. The minimum absolute atomic E-state index is 0.0216. The van der Waals surface area contributed by atoms with Gasteiger partial charge in [-0.05, 0) is 31.3 Å². The fraction of sp³-hybridized carbons (Fsp3) is 0.467. The summed E-state index contributed by atoms with van der Waals surface area (Å²) in [6.07, 6.45) is 1.90. The highest BCUT2D eigenvalue weighted by molar-refractivity contribution is 7.16. The van der Waals surface area contributed by atoms with Crippen LogP contribution < -0.4 is 5.32 Å². The number of likely N-dealkylation sites (N-methyl/N-ethyl adjacent to an activating group) is 1. The smallest absolute Gasteiger partial charge is 0.126 e. The van der Waals surface area contributed by atoms with E-state index in [0.29, 0.717) is 0 Å². The Morgan fingerprint density at radius 1 is 1.48 bits per heavy atom. The summed E-state index contributed by atoms with van der Waals surface area (Å²) in [5.74, 6) is 0.901. The zero-order valence-corrected chi connectivity index (χ0v) is 13.5. The lowest BCUT2D eigenvalue weighted by Crippen LogP contribution is -2.45. The topological polar surface area (TPSA) is 37.6 Å². The Balaban J connectivity index is 1.68. The van der Waals surface area contributed by atoms with E-state index in [2.05, 4.69) is 17.3 Å². The third kappa shape index (κ3) is 3.87. The van der Waals surface area contributed by atoms with Gasteiger partial charge in [0, 0.05) is 24.5 Å². The van der Waals surface area contributed by atoms with Crippen molar-refractivity contribution in [1.82, 2.24) is 10.2 Å². The molecule has 1 saturated heterocycles. The lowest BCUT2D eigenvalue weighted by Gasteiger charge is -2.31. The van der Waals surface area contributed by atoms with Crippen molar-refractivity contribution in [2.45, 2.75) is 12.1 Å². The summed E-state index contributed by atoms with van der Waals surface area (Å²) in [5.41, 5.74) is 0. The number of hydrogen-bond donors (Lipinski definition) is 1. The molecular weight excluding hydrogens is 308 g/mol. The number of morpholine rings is 1. The summed E-state index contributed by atoms with van der Waals surface area (Å²) in [6.45, 7) is 3.52. The number of nitrogens with one attached hydrogen (secondary N) is 1. The first-order valence-electron chi connectivity index (χ1n) is 7.04. The summed E-state index contributed by atoms with van der Waals surface area (Å²) in [6, 6.07) is 7.88. The summed E-state index contributed by atoms with van der Waals surface area (Å²) < 4.78 is 12.2. The van der Waals surface area contributed by atoms with Gasteiger partial charge in [-0.3, -0.25) is 0 Å². The number of thiophene rings is 1. The molecule has 21 heavy (non-hydrogen) atoms. The van der Waals surface area contributed by atoms with Crippen molar-refractivity contribution in [1.29, 1.82) is 0 Å². The first-order valence-corrected chi connectivity index (χ1v) is 8.24. The predicted octanol–water partition coefficient (Wildman–Crippen LogP) is 3.00. The van der Waals surface area contributed by atoms with Crippen LogP contribution in [0.25, 0.3) is 0 Å². The molecule has 1 fully saturated rings. The SMILES string of the molecule is CN1CCOC(CNC(c2ccco2)c2ccc(Cl)s2)C1. The average molecular weight is 327 g/mol. The van der Waals surface area contributed by atoms with Gasteiger partial charge in [0.1, 0.15) is 11.8 Å². The second kappa shape index (κ2) is 6.94. The zero-order valence-electron chi connectivity index (χ0n) is 11.9. The Labute approximate surface area is 133 Å². The molecule has 0 radical (unpaired) electrons. The summed E-state index contributed by atoms with van der Waals surface area (Å²) in [7, 11) is 2.12. The first-order chi connectivity index (χ1) is 10.2. The van der Waals surface area contributed by atoms with Gasteiger partial charge in [-0.2, -0.15) is 0 Å². The van der Waals surface area contributed by atoms with E-state index in [1.165, 1.54) is 0 Å². The second-order valence-electron chi connectivity index (χ2n) is 5.25. The molecule has 0 aliphatic carbocycles. The quantitative estimate of drug-likeness (QED) is 0.916. The van der Waals surface area contributed by atoms with Gasteiger partial charge >= 0.3 is 0 Å². The van der Waals surface area contributed by atoms with Crippen LogP contribution in [0.1, 0.15) is 16.7 Å². The lowest BCUT2D eigenvalue weighted by atomic mass is 10.1. The summed E-state index contributed by atoms with van der Waals surface area (Å²) >= 11 is 7.64. The van der Waals surface area contributed by atoms with Gasteiger partial charge in [-0.15, -0.1) is 11.3 Å². The molecule has 2 aromatic rings. The monoisotopic (exact) mass is 326 g/mol. The largest absolute Gasteiger partial charge is 0.467 e. The Morgan fingerprint density at radius 3 is 3.05 bits per heavy atom. The minimum atomic E-state index is 0.0216. The molecule has 0 amide bonds. The average Bonchev–Trinajstić information content (AvgIpc) is 3.12. The van der Waals surface area contributed by atoms with Gasteiger partial charge in [0.2, 0.25) is 0 Å². The molecule has 1 N–H and O–H groups in total. The molecule has 3 heterocycles. The summed E-state index contributed by atoms with van der Waals surface area (Å²) in [4.78, 5) is 3.44. The van der Waals surface area contributed by atoms with Crippen molar-refractivity contribution in [3.8, 4) is 0 Å². The standard InChI is InChI=1S/C15H19ClN2O2S/c1-18-6-8-19-11(10-18)9-17-15(12-3-2-7-20-12)13-4-5-14(16)21-13/h2-5,7,11,15,17H,6,8-10H2,1H3. The fourth-order valence-electron chi connectivity index (χ4n) is 2.52. The number of halogens is 1. The minimum Gasteiger partial charge on any atom is -0.467 e. The lowest BCUT2D eigenvalue weighted by molar-refractivity contribution is -0.0190. The van der Waals surface area contributed by atoms with Gasteiger partial charge in [-0.1, -0.05) is 11.6 Å². The molecule has 3 rings (SSSR count). The van der Waals surface area contributed by atoms with E-state index >= 15 is 0 Å². The van der Waals surface area contributed by atoms with Crippen molar-refractivity contribution in [2.75, 3.05) is 33.3 Å². The van der Waals surface area contributed by atoms with Crippen LogP contribution in [-0.4, -0.2) is 44.3 Å². The Hall–Kier alpha value is -0.850. The van der Waals surface area contributed by atoms with Gasteiger partial charge < -0.3 is 19.4 Å². The number of hydrogen-bond acceptors (Lipinski definition) is 5. The molecule has 0 saturated carbocycles. The highest BCUT2D eigenvalue weighted by atomic mass is 35.5. The highest BCUT2D eigenvalue weighted by Crippen LogP contribution is 2.31. The van der Waals surface area contributed by atoms with Crippen molar-refractivity contribution < 1.29 is 9.15 Å². The van der Waals surface area contributed by atoms with Gasteiger partial charge in [0.15, 0.2) is 0 Å². The number of ether oxygens (including phenoxy) is 1. The van der Waals surface area contributed by atoms with E-state index in [1.807, 2.05) is 24.3 Å². The number of rotatable bonds is 5. The van der Waals surface area contributed by atoms with Crippen molar-refractivity contribution >= 4 is 22.9 Å².